The molecule has 0 spiro atoms. The average Bonchev–Trinajstić information content (AvgIpc) is 2.61. The van der Waals surface area contributed by atoms with E-state index in [1.807, 2.05) is 0 Å². The van der Waals surface area contributed by atoms with E-state index in [0.717, 1.165) is 6.07 Å². The van der Waals surface area contributed by atoms with Crippen LogP contribution in [0.1, 0.15) is 42.2 Å². The number of rotatable bonds is 7. The molecular formula is C19H19F3N2O3. The Morgan fingerprint density at radius 2 is 1.85 bits per heavy atom. The molecular weight excluding hydrogens is 361 g/mol. The van der Waals surface area contributed by atoms with Crippen LogP contribution in [-0.4, -0.2) is 18.4 Å². The predicted molar refractivity (Wildman–Crippen MR) is 94.3 cm³/mol. The first-order chi connectivity index (χ1) is 12.8. The largest absolute Gasteiger partial charge is 0.434 e. The fraction of sp³-hybridized carbons (Fsp3) is 0.263. The lowest BCUT2D eigenvalue weighted by Gasteiger charge is -2.21. The Morgan fingerprint density at radius 3 is 2.48 bits per heavy atom. The number of hydrogen-bond acceptors (Lipinski definition) is 3. The number of anilines is 1. The lowest BCUT2D eigenvalue weighted by atomic mass is 10.0. The van der Waals surface area contributed by atoms with Crippen molar-refractivity contribution >= 4 is 17.5 Å². The molecule has 0 aliphatic carbocycles. The van der Waals surface area contributed by atoms with Crippen molar-refractivity contribution in [2.75, 3.05) is 5.32 Å². The first kappa shape index (κ1) is 20.3. The normalized spacial score (nSPS) is 11.8. The number of ether oxygens (including phenoxy) is 1. The summed E-state index contributed by atoms with van der Waals surface area (Å²) < 4.78 is 43.8. The highest BCUT2D eigenvalue weighted by atomic mass is 19.3. The molecule has 5 nitrogen and oxygen atoms in total. The molecule has 0 fully saturated rings. The van der Waals surface area contributed by atoms with Crippen molar-refractivity contribution < 1.29 is 27.5 Å². The molecule has 0 saturated carbocycles. The summed E-state index contributed by atoms with van der Waals surface area (Å²) in [4.78, 5) is 23.7. The van der Waals surface area contributed by atoms with Crippen LogP contribution in [0.25, 0.3) is 0 Å². The van der Waals surface area contributed by atoms with Crippen molar-refractivity contribution in [2.45, 2.75) is 32.9 Å². The minimum Gasteiger partial charge on any atom is -0.434 e. The van der Waals surface area contributed by atoms with Gasteiger partial charge in [-0.05, 0) is 30.7 Å². The lowest BCUT2D eigenvalue weighted by molar-refractivity contribution is -0.114. The molecule has 144 valence electrons. The van der Waals surface area contributed by atoms with E-state index in [9.17, 15) is 22.8 Å². The Morgan fingerprint density at radius 1 is 1.15 bits per heavy atom. The number of nitrogens with one attached hydrogen (secondary N) is 2. The van der Waals surface area contributed by atoms with E-state index in [1.54, 1.807) is 19.1 Å². The summed E-state index contributed by atoms with van der Waals surface area (Å²) in [5.41, 5.74) is 0.350. The van der Waals surface area contributed by atoms with Crippen molar-refractivity contribution in [1.29, 1.82) is 0 Å². The summed E-state index contributed by atoms with van der Waals surface area (Å²) in [6.45, 7) is 0.0239. The van der Waals surface area contributed by atoms with E-state index in [0.29, 0.717) is 12.0 Å². The van der Waals surface area contributed by atoms with Gasteiger partial charge in [-0.25, -0.2) is 4.39 Å². The highest BCUT2D eigenvalue weighted by molar-refractivity contribution is 5.97. The summed E-state index contributed by atoms with van der Waals surface area (Å²) in [6, 6.07) is 9.01. The fourth-order valence-corrected chi connectivity index (χ4v) is 2.59. The van der Waals surface area contributed by atoms with Crippen molar-refractivity contribution in [1.82, 2.24) is 5.32 Å². The van der Waals surface area contributed by atoms with E-state index in [2.05, 4.69) is 15.4 Å². The molecule has 0 saturated heterocycles. The molecule has 2 rings (SSSR count). The van der Waals surface area contributed by atoms with Gasteiger partial charge in [0.2, 0.25) is 5.91 Å². The SMILES string of the molecule is CCC(NC(=O)c1cc(NC(C)=O)ccc1F)c1ccccc1OC(F)F. The third-order valence-electron chi connectivity index (χ3n) is 3.76. The molecule has 27 heavy (non-hydrogen) atoms. The third-order valence-corrected chi connectivity index (χ3v) is 3.76. The van der Waals surface area contributed by atoms with Gasteiger partial charge in [-0.1, -0.05) is 25.1 Å². The number of para-hydroxylation sites is 1. The molecule has 0 heterocycles. The zero-order valence-electron chi connectivity index (χ0n) is 14.8. The van der Waals surface area contributed by atoms with Gasteiger partial charge in [0, 0.05) is 18.2 Å². The number of alkyl halides is 2. The maximum absolute atomic E-state index is 14.1. The maximum atomic E-state index is 14.1. The van der Waals surface area contributed by atoms with Gasteiger partial charge in [0.05, 0.1) is 11.6 Å². The van der Waals surface area contributed by atoms with E-state index in [4.69, 9.17) is 0 Å². The van der Waals surface area contributed by atoms with E-state index >= 15 is 0 Å². The van der Waals surface area contributed by atoms with Crippen molar-refractivity contribution in [3.05, 3.63) is 59.4 Å². The Kier molecular flexibility index (Phi) is 6.81. The van der Waals surface area contributed by atoms with Gasteiger partial charge in [-0.2, -0.15) is 8.78 Å². The summed E-state index contributed by atoms with van der Waals surface area (Å²) in [6.07, 6.45) is 0.363. The molecule has 2 amide bonds. The highest BCUT2D eigenvalue weighted by Crippen LogP contribution is 2.29. The van der Waals surface area contributed by atoms with Crippen LogP contribution in [-0.2, 0) is 4.79 Å². The van der Waals surface area contributed by atoms with Gasteiger partial charge < -0.3 is 15.4 Å². The van der Waals surface area contributed by atoms with Crippen LogP contribution in [0.3, 0.4) is 0 Å². The smallest absolute Gasteiger partial charge is 0.387 e. The standard InChI is InChI=1S/C19H19F3N2O3/c1-3-16(13-6-4-5-7-17(13)27-19(21)22)24-18(26)14-10-12(23-11(2)25)8-9-15(14)20/h4-10,16,19H,3H2,1-2H3,(H,23,25)(H,24,26). The second-order valence-corrected chi connectivity index (χ2v) is 5.73. The number of hydrogen-bond donors (Lipinski definition) is 2. The van der Waals surface area contributed by atoms with E-state index in [1.165, 1.54) is 31.2 Å². The van der Waals surface area contributed by atoms with Crippen LogP contribution >= 0.6 is 0 Å². The molecule has 2 N–H and O–H groups in total. The van der Waals surface area contributed by atoms with Crippen molar-refractivity contribution in [3.63, 3.8) is 0 Å². The molecule has 1 unspecified atom stereocenters. The fourth-order valence-electron chi connectivity index (χ4n) is 2.59. The monoisotopic (exact) mass is 380 g/mol. The molecule has 0 bridgehead atoms. The Balaban J connectivity index is 2.27. The van der Waals surface area contributed by atoms with E-state index < -0.39 is 24.4 Å². The molecule has 0 aliphatic rings. The molecule has 2 aromatic carbocycles. The van der Waals surface area contributed by atoms with Gasteiger partial charge in [-0.3, -0.25) is 9.59 Å². The maximum Gasteiger partial charge on any atom is 0.387 e. The Bertz CT molecular complexity index is 828. The van der Waals surface area contributed by atoms with Gasteiger partial charge in [0.1, 0.15) is 11.6 Å². The average molecular weight is 380 g/mol. The zero-order valence-corrected chi connectivity index (χ0v) is 14.8. The minimum atomic E-state index is -3.01. The number of carbonyl (C=O) groups excluding carboxylic acids is 2. The summed E-state index contributed by atoms with van der Waals surface area (Å²) in [7, 11) is 0. The lowest BCUT2D eigenvalue weighted by Crippen LogP contribution is -2.29. The Labute approximate surface area is 154 Å². The van der Waals surface area contributed by atoms with Crippen LogP contribution in [0.5, 0.6) is 5.75 Å². The van der Waals surface area contributed by atoms with Gasteiger partial charge in [0.15, 0.2) is 0 Å². The molecule has 1 atom stereocenters. The van der Waals surface area contributed by atoms with Gasteiger partial charge in [0.25, 0.3) is 5.91 Å². The summed E-state index contributed by atoms with van der Waals surface area (Å²) >= 11 is 0. The molecule has 0 aliphatic heterocycles. The number of benzene rings is 2. The Hall–Kier alpha value is -3.03. The van der Waals surface area contributed by atoms with Crippen LogP contribution in [0, 0.1) is 5.82 Å². The molecule has 8 heteroatoms. The summed E-state index contributed by atoms with van der Waals surface area (Å²) in [5.74, 6) is -1.93. The van der Waals surface area contributed by atoms with Crippen LogP contribution in [0.2, 0.25) is 0 Å². The number of amides is 2. The van der Waals surface area contributed by atoms with Crippen molar-refractivity contribution in [3.8, 4) is 5.75 Å². The van der Waals surface area contributed by atoms with Crippen LogP contribution < -0.4 is 15.4 Å². The second-order valence-electron chi connectivity index (χ2n) is 5.73. The first-order valence-electron chi connectivity index (χ1n) is 8.23. The van der Waals surface area contributed by atoms with Crippen molar-refractivity contribution in [2.24, 2.45) is 0 Å². The van der Waals surface area contributed by atoms with Gasteiger partial charge in [-0.15, -0.1) is 0 Å². The molecule has 0 aromatic heterocycles. The topological polar surface area (TPSA) is 67.4 Å². The first-order valence-corrected chi connectivity index (χ1v) is 8.23. The third kappa shape index (κ3) is 5.47. The van der Waals surface area contributed by atoms with Crippen LogP contribution in [0.15, 0.2) is 42.5 Å². The summed E-state index contributed by atoms with van der Waals surface area (Å²) in [5, 5.41) is 5.09. The van der Waals surface area contributed by atoms with Crippen LogP contribution in [0.4, 0.5) is 18.9 Å². The minimum absolute atomic E-state index is 0.0629. The quantitative estimate of drug-likeness (QED) is 0.754. The predicted octanol–water partition coefficient (Wildman–Crippen LogP) is 4.27. The zero-order chi connectivity index (χ0) is 20.0. The molecule has 0 radical (unpaired) electrons. The van der Waals surface area contributed by atoms with Gasteiger partial charge >= 0.3 is 6.61 Å². The highest BCUT2D eigenvalue weighted by Gasteiger charge is 2.21. The molecule has 2 aromatic rings. The number of carbonyl (C=O) groups is 2. The van der Waals surface area contributed by atoms with E-state index in [-0.39, 0.29) is 22.9 Å². The number of halogens is 3. The second kappa shape index (κ2) is 9.07.